The summed E-state index contributed by atoms with van der Waals surface area (Å²) in [4.78, 5) is 32.1. The zero-order valence-corrected chi connectivity index (χ0v) is 45.7. The van der Waals surface area contributed by atoms with Crippen molar-refractivity contribution < 1.29 is 127 Å². The van der Waals surface area contributed by atoms with Gasteiger partial charge in [0.05, 0.1) is 48.2 Å². The van der Waals surface area contributed by atoms with E-state index in [4.69, 9.17) is 47.9 Å². The monoisotopic (exact) mass is 1030 g/mol. The normalized spacial score (nSPS) is 23.2. The van der Waals surface area contributed by atoms with Gasteiger partial charge in [-0.25, -0.2) is 9.59 Å². The number of thiophene rings is 2. The van der Waals surface area contributed by atoms with Crippen molar-refractivity contribution in [2.45, 2.75) is 74.9 Å². The number of methoxy groups -OCH3 is 2. The van der Waals surface area contributed by atoms with Crippen molar-refractivity contribution in [3.05, 3.63) is 164 Å². The van der Waals surface area contributed by atoms with Crippen LogP contribution in [-0.4, -0.2) is 84.3 Å². The molecule has 16 nitrogen and oxygen atoms in total. The Kier molecular flexibility index (Phi) is 19.0. The molecule has 20 heteroatoms. The van der Waals surface area contributed by atoms with Crippen molar-refractivity contribution in [2.24, 2.45) is 0 Å². The first kappa shape index (κ1) is 55.3. The van der Waals surface area contributed by atoms with Crippen LogP contribution in [0.3, 0.4) is 0 Å². The van der Waals surface area contributed by atoms with Crippen molar-refractivity contribution in [2.75, 3.05) is 27.4 Å². The molecule has 6 aromatic rings. The van der Waals surface area contributed by atoms with E-state index >= 15 is 0 Å². The summed E-state index contributed by atoms with van der Waals surface area (Å²) in [5.74, 6) is -2.12. The zero-order chi connectivity index (χ0) is 48.8. The molecule has 0 spiro atoms. The minimum atomic E-state index is -1.12. The van der Waals surface area contributed by atoms with E-state index in [9.17, 15) is 30.0 Å². The molecule has 0 saturated carbocycles. The number of ether oxygens (including phenoxy) is 8. The minimum absolute atomic E-state index is 0. The van der Waals surface area contributed by atoms with Crippen LogP contribution >= 0.6 is 22.7 Å². The predicted octanol–water partition coefficient (Wildman–Crippen LogP) is 1.39. The van der Waals surface area contributed by atoms with Crippen LogP contribution in [0.2, 0.25) is 0 Å². The number of carboxylic acid groups (broad SMARTS) is 2. The molecule has 0 radical (unpaired) electrons. The van der Waals surface area contributed by atoms with Gasteiger partial charge in [0.2, 0.25) is 0 Å². The largest absolute Gasteiger partial charge is 1.00 e. The van der Waals surface area contributed by atoms with E-state index in [1.165, 1.54) is 34.8 Å². The number of aliphatic carboxylic acids is 2. The Morgan fingerprint density at radius 3 is 1.46 bits per heavy atom. The maximum Gasteiger partial charge on any atom is 1.00 e. The molecule has 0 aliphatic carbocycles. The fourth-order valence-electron chi connectivity index (χ4n) is 9.00. The van der Waals surface area contributed by atoms with Crippen LogP contribution in [0.15, 0.2) is 119 Å². The summed E-state index contributed by atoms with van der Waals surface area (Å²) in [6.07, 6.45) is 4.32. The van der Waals surface area contributed by atoms with Crippen LogP contribution in [0.25, 0.3) is 11.1 Å². The smallest absolute Gasteiger partial charge is 0.872 e. The maximum absolute atomic E-state index is 12.8. The molecule has 6 atom stereocenters. The first-order valence-electron chi connectivity index (χ1n) is 22.3. The Morgan fingerprint density at radius 1 is 0.667 bits per heavy atom. The fraction of sp³-hybridized carbons (Fsp3) is 0.308. The maximum atomic E-state index is 12.8. The Hall–Kier alpha value is -4.48. The third kappa shape index (κ3) is 12.9. The van der Waals surface area contributed by atoms with Crippen molar-refractivity contribution >= 4 is 45.8 Å². The molecule has 10 rings (SSSR count). The van der Waals surface area contributed by atoms with Gasteiger partial charge in [0, 0.05) is 52.1 Å². The van der Waals surface area contributed by atoms with E-state index in [-0.39, 0.29) is 109 Å². The van der Waals surface area contributed by atoms with E-state index < -0.39 is 23.1 Å². The van der Waals surface area contributed by atoms with Crippen molar-refractivity contribution in [1.82, 2.24) is 9.97 Å². The van der Waals surface area contributed by atoms with Gasteiger partial charge in [0.15, 0.2) is 12.6 Å². The summed E-state index contributed by atoms with van der Waals surface area (Å²) in [7, 11) is 3.38. The van der Waals surface area contributed by atoms with Gasteiger partial charge in [-0.2, -0.15) is 22.7 Å². The molecule has 4 saturated heterocycles. The molecule has 72 heavy (non-hydrogen) atoms. The molecule has 4 bridgehead atoms. The second kappa shape index (κ2) is 24.7. The number of fused-ring (bicyclic) bond motifs is 4. The SMILES string of the molecule is CO[C@@H]1C[C@@H]2OC[C@@](c3cccc(COc4ccc(C(=CC(=O)O)c5ccsc5)c([O-])c4)n3)(C1)O2.CO[C@@H]1C[C@@H]2OC[C@@](c3cccc(COc4ccc(C(=CC(=O)O)c5ccsc5)c([O-])c4)n3)(C1)O2.[Na+].[Na+]. The number of aromatic nitrogens is 2. The van der Waals surface area contributed by atoms with Gasteiger partial charge in [-0.05, 0) is 116 Å². The molecule has 0 amide bonds. The average molecular weight is 1040 g/mol. The molecule has 4 fully saturated rings. The average Bonchev–Trinajstić information content (AvgIpc) is 4.21. The van der Waals surface area contributed by atoms with Crippen LogP contribution in [-0.2, 0) is 62.4 Å². The molecule has 2 aromatic carbocycles. The third-order valence-electron chi connectivity index (χ3n) is 12.4. The number of nitrogens with zero attached hydrogens (tertiary/aromatic N) is 2. The zero-order valence-electron chi connectivity index (χ0n) is 40.0. The van der Waals surface area contributed by atoms with Crippen LogP contribution in [0.5, 0.6) is 23.0 Å². The first-order chi connectivity index (χ1) is 33.9. The van der Waals surface area contributed by atoms with Crippen molar-refractivity contribution in [3.8, 4) is 23.0 Å². The van der Waals surface area contributed by atoms with Gasteiger partial charge in [0.25, 0.3) is 0 Å². The van der Waals surface area contributed by atoms with Crippen molar-refractivity contribution in [1.29, 1.82) is 0 Å². The number of hydrogen-bond donors (Lipinski definition) is 2. The summed E-state index contributed by atoms with van der Waals surface area (Å²) in [6.45, 7) is 1.16. The first-order valence-corrected chi connectivity index (χ1v) is 24.2. The van der Waals surface area contributed by atoms with Gasteiger partial charge in [-0.3, -0.25) is 9.97 Å². The van der Waals surface area contributed by atoms with Crippen LogP contribution < -0.4 is 78.8 Å². The van der Waals surface area contributed by atoms with Gasteiger partial charge >= 0.3 is 71.1 Å². The Labute approximate surface area is 467 Å². The summed E-state index contributed by atoms with van der Waals surface area (Å²) >= 11 is 2.86. The summed E-state index contributed by atoms with van der Waals surface area (Å²) < 4.78 is 46.6. The molecular formula is C52H48N2Na2O14S2. The van der Waals surface area contributed by atoms with E-state index in [1.807, 2.05) is 47.2 Å². The van der Waals surface area contributed by atoms with E-state index in [2.05, 4.69) is 0 Å². The predicted molar refractivity (Wildman–Crippen MR) is 252 cm³/mol. The molecule has 0 unspecified atom stereocenters. The molecule has 364 valence electrons. The second-order valence-corrected chi connectivity index (χ2v) is 18.6. The molecule has 4 aliphatic rings. The van der Waals surface area contributed by atoms with Crippen LogP contribution in [0, 0.1) is 0 Å². The van der Waals surface area contributed by atoms with Gasteiger partial charge in [-0.1, -0.05) is 35.8 Å². The molecular weight excluding hydrogens is 987 g/mol. The Bertz CT molecular complexity index is 2690. The van der Waals surface area contributed by atoms with Crippen LogP contribution in [0.1, 0.15) is 70.7 Å². The Balaban J connectivity index is 0.000000206. The number of carboxylic acids is 2. The standard InChI is InChI=1S/2C26H25NO7S.2Na/c2*1-31-19-10-25-33-15-26(12-19,34-25)23-4-2-3-17(27-23)13-32-18-5-6-20(22(28)9-18)21(11-24(29)30)16-7-8-35-14-16;;/h2*2-9,11,14,19,25,28H,10,12-13,15H2,1H3,(H,29,30);;/q;;2*+1/p-2/t2*19-,25-,26-;;/m11../s1. The second-order valence-electron chi connectivity index (χ2n) is 17.0. The molecule has 4 aliphatic heterocycles. The molecule has 8 heterocycles. The van der Waals surface area contributed by atoms with Crippen molar-refractivity contribution in [3.63, 3.8) is 0 Å². The number of rotatable bonds is 16. The summed E-state index contributed by atoms with van der Waals surface area (Å²) in [6, 6.07) is 24.1. The number of carbonyl (C=O) groups is 2. The summed E-state index contributed by atoms with van der Waals surface area (Å²) in [5.41, 5.74) is 4.31. The third-order valence-corrected chi connectivity index (χ3v) is 13.8. The number of pyridine rings is 2. The molecule has 2 N–H and O–H groups in total. The number of benzene rings is 2. The minimum Gasteiger partial charge on any atom is -0.872 e. The van der Waals surface area contributed by atoms with Gasteiger partial charge in [0.1, 0.15) is 35.9 Å². The van der Waals surface area contributed by atoms with E-state index in [0.717, 1.165) is 23.5 Å². The quantitative estimate of drug-likeness (QED) is 0.103. The fourth-order valence-corrected chi connectivity index (χ4v) is 10.3. The number of hydrogen-bond acceptors (Lipinski definition) is 16. The Morgan fingerprint density at radius 2 is 1.10 bits per heavy atom. The van der Waals surface area contributed by atoms with Crippen LogP contribution in [0.4, 0.5) is 0 Å². The molecule has 4 aromatic heterocycles. The summed E-state index contributed by atoms with van der Waals surface area (Å²) in [5, 5.41) is 51.4. The van der Waals surface area contributed by atoms with Gasteiger partial charge in [-0.15, -0.1) is 0 Å². The topological polar surface area (TPSA) is 220 Å². The van der Waals surface area contributed by atoms with Gasteiger partial charge < -0.3 is 58.3 Å². The van der Waals surface area contributed by atoms with E-state index in [0.29, 0.717) is 95.2 Å². The van der Waals surface area contributed by atoms with E-state index in [1.54, 1.807) is 61.4 Å².